The highest BCUT2D eigenvalue weighted by Crippen LogP contribution is 2.39. The van der Waals surface area contributed by atoms with Gasteiger partial charge in [0.1, 0.15) is 5.82 Å². The summed E-state index contributed by atoms with van der Waals surface area (Å²) in [4.78, 5) is 15.2. The van der Waals surface area contributed by atoms with Crippen LogP contribution in [0.25, 0.3) is 0 Å². The van der Waals surface area contributed by atoms with E-state index in [0.717, 1.165) is 31.2 Å². The second-order valence-electron chi connectivity index (χ2n) is 7.14. The molecule has 2 aromatic rings. The molecule has 2 heterocycles. The van der Waals surface area contributed by atoms with Gasteiger partial charge in [-0.25, -0.2) is 9.07 Å². The molecule has 1 aliphatic heterocycles. The van der Waals surface area contributed by atoms with E-state index in [1.54, 1.807) is 18.3 Å². The van der Waals surface area contributed by atoms with E-state index in [0.29, 0.717) is 19.8 Å². The van der Waals surface area contributed by atoms with Gasteiger partial charge in [0, 0.05) is 37.9 Å². The second-order valence-corrected chi connectivity index (χ2v) is 7.14. The number of ether oxygens (including phenoxy) is 1. The van der Waals surface area contributed by atoms with E-state index in [1.165, 1.54) is 12.1 Å². The quantitative estimate of drug-likeness (QED) is 0.824. The molecule has 0 unspecified atom stereocenters. The number of aromatic nitrogens is 3. The molecule has 1 aliphatic carbocycles. The van der Waals surface area contributed by atoms with Crippen molar-refractivity contribution in [1.29, 1.82) is 0 Å². The minimum Gasteiger partial charge on any atom is -0.381 e. The van der Waals surface area contributed by atoms with Gasteiger partial charge in [0.25, 0.3) is 0 Å². The Morgan fingerprint density at radius 3 is 2.62 bits per heavy atom. The standard InChI is InChI=1S/C19H23FN4O2/c20-16-3-1-14(2-4-16)13-23(17-5-9-26-10-6-17)19(25)15-11-18(12-15)24-8-7-21-22-24/h1-4,7-8,15,17-18H,5-6,9-13H2. The summed E-state index contributed by atoms with van der Waals surface area (Å²) in [6.07, 6.45) is 6.81. The average molecular weight is 358 g/mol. The lowest BCUT2D eigenvalue weighted by Crippen LogP contribution is -2.48. The topological polar surface area (TPSA) is 60.2 Å². The van der Waals surface area contributed by atoms with Gasteiger partial charge < -0.3 is 9.64 Å². The van der Waals surface area contributed by atoms with Crippen molar-refractivity contribution in [2.45, 2.75) is 44.3 Å². The Bertz CT molecular complexity index is 723. The van der Waals surface area contributed by atoms with Gasteiger partial charge in [-0.05, 0) is 43.4 Å². The third-order valence-electron chi connectivity index (χ3n) is 5.46. The summed E-state index contributed by atoms with van der Waals surface area (Å²) in [5.74, 6) is -0.0440. The first kappa shape index (κ1) is 17.1. The van der Waals surface area contributed by atoms with Crippen molar-refractivity contribution in [3.8, 4) is 0 Å². The number of amides is 1. The summed E-state index contributed by atoms with van der Waals surface area (Å²) in [6.45, 7) is 1.89. The summed E-state index contributed by atoms with van der Waals surface area (Å²) in [5, 5.41) is 7.87. The lowest BCUT2D eigenvalue weighted by Gasteiger charge is -2.41. The molecule has 0 N–H and O–H groups in total. The molecule has 6 nitrogen and oxygen atoms in total. The third-order valence-corrected chi connectivity index (χ3v) is 5.46. The zero-order chi connectivity index (χ0) is 17.9. The number of hydrogen-bond donors (Lipinski definition) is 0. The second kappa shape index (κ2) is 7.53. The summed E-state index contributed by atoms with van der Waals surface area (Å²) in [6, 6.07) is 6.86. The van der Waals surface area contributed by atoms with Gasteiger partial charge >= 0.3 is 0 Å². The average Bonchev–Trinajstić information content (AvgIpc) is 3.15. The Morgan fingerprint density at radius 2 is 1.96 bits per heavy atom. The van der Waals surface area contributed by atoms with Gasteiger partial charge in [-0.15, -0.1) is 5.10 Å². The number of halogens is 1. The molecule has 2 aliphatic rings. The molecule has 2 fully saturated rings. The fourth-order valence-corrected chi connectivity index (χ4v) is 3.82. The maximum atomic E-state index is 13.2. The van der Waals surface area contributed by atoms with Crippen molar-refractivity contribution < 1.29 is 13.9 Å². The van der Waals surface area contributed by atoms with Crippen molar-refractivity contribution >= 4 is 5.91 Å². The van der Waals surface area contributed by atoms with Gasteiger partial charge in [0.05, 0.1) is 12.2 Å². The van der Waals surface area contributed by atoms with Crippen LogP contribution in [0.3, 0.4) is 0 Å². The highest BCUT2D eigenvalue weighted by atomic mass is 19.1. The van der Waals surface area contributed by atoms with Crippen LogP contribution in [0.5, 0.6) is 0 Å². The monoisotopic (exact) mass is 358 g/mol. The maximum absolute atomic E-state index is 13.2. The van der Waals surface area contributed by atoms with Gasteiger partial charge in [0.15, 0.2) is 0 Å². The molecule has 0 spiro atoms. The van der Waals surface area contributed by atoms with Crippen LogP contribution in [0.15, 0.2) is 36.7 Å². The highest BCUT2D eigenvalue weighted by molar-refractivity contribution is 5.80. The van der Waals surface area contributed by atoms with E-state index in [4.69, 9.17) is 4.74 Å². The summed E-state index contributed by atoms with van der Waals surface area (Å²) in [5.41, 5.74) is 0.957. The lowest BCUT2D eigenvalue weighted by molar-refractivity contribution is -0.145. The van der Waals surface area contributed by atoms with Gasteiger partial charge in [-0.2, -0.15) is 0 Å². The number of hydrogen-bond acceptors (Lipinski definition) is 4. The van der Waals surface area contributed by atoms with Crippen LogP contribution in [0.1, 0.15) is 37.3 Å². The molecule has 1 amide bonds. The van der Waals surface area contributed by atoms with Crippen molar-refractivity contribution in [3.05, 3.63) is 48.0 Å². The number of nitrogens with zero attached hydrogens (tertiary/aromatic N) is 4. The number of benzene rings is 1. The van der Waals surface area contributed by atoms with Crippen molar-refractivity contribution in [2.75, 3.05) is 13.2 Å². The number of carbonyl (C=O) groups excluding carboxylic acids is 1. The fourth-order valence-electron chi connectivity index (χ4n) is 3.82. The third kappa shape index (κ3) is 3.62. The molecule has 4 rings (SSSR count). The van der Waals surface area contributed by atoms with Crippen LogP contribution in [0.2, 0.25) is 0 Å². The normalized spacial score (nSPS) is 23.4. The van der Waals surface area contributed by atoms with E-state index in [1.807, 2.05) is 15.8 Å². The van der Waals surface area contributed by atoms with Crippen LogP contribution >= 0.6 is 0 Å². The van der Waals surface area contributed by atoms with E-state index in [9.17, 15) is 9.18 Å². The Hall–Kier alpha value is -2.28. The van der Waals surface area contributed by atoms with E-state index >= 15 is 0 Å². The first-order valence-corrected chi connectivity index (χ1v) is 9.19. The van der Waals surface area contributed by atoms with E-state index < -0.39 is 0 Å². The zero-order valence-corrected chi connectivity index (χ0v) is 14.6. The summed E-state index contributed by atoms with van der Waals surface area (Å²) < 4.78 is 20.5. The Balaban J connectivity index is 1.45. The minimum atomic E-state index is -0.257. The van der Waals surface area contributed by atoms with Gasteiger partial charge in [-0.1, -0.05) is 17.3 Å². The van der Waals surface area contributed by atoms with Crippen LogP contribution in [0, 0.1) is 11.7 Å². The Kier molecular flexibility index (Phi) is 4.97. The molecule has 1 saturated carbocycles. The molecule has 0 bridgehead atoms. The molecule has 138 valence electrons. The smallest absolute Gasteiger partial charge is 0.226 e. The van der Waals surface area contributed by atoms with Gasteiger partial charge in [0.2, 0.25) is 5.91 Å². The predicted octanol–water partition coefficient (Wildman–Crippen LogP) is 2.58. The van der Waals surface area contributed by atoms with Crippen molar-refractivity contribution in [1.82, 2.24) is 19.9 Å². The fraction of sp³-hybridized carbons (Fsp3) is 0.526. The maximum Gasteiger partial charge on any atom is 0.226 e. The number of rotatable bonds is 5. The number of carbonyl (C=O) groups is 1. The lowest BCUT2D eigenvalue weighted by atomic mass is 9.79. The van der Waals surface area contributed by atoms with E-state index in [2.05, 4.69) is 10.3 Å². The minimum absolute atomic E-state index is 0.0208. The first-order chi connectivity index (χ1) is 12.7. The van der Waals surface area contributed by atoms with Crippen LogP contribution in [0.4, 0.5) is 4.39 Å². The molecule has 0 atom stereocenters. The zero-order valence-electron chi connectivity index (χ0n) is 14.6. The SMILES string of the molecule is O=C(C1CC(n2ccnn2)C1)N(Cc1ccc(F)cc1)C1CCOCC1. The molecular formula is C19H23FN4O2. The molecule has 1 saturated heterocycles. The Labute approximate surface area is 151 Å². The van der Waals surface area contributed by atoms with Crippen molar-refractivity contribution in [3.63, 3.8) is 0 Å². The Morgan fingerprint density at radius 1 is 1.23 bits per heavy atom. The molecule has 7 heteroatoms. The molecular weight excluding hydrogens is 335 g/mol. The first-order valence-electron chi connectivity index (χ1n) is 9.19. The van der Waals surface area contributed by atoms with Crippen LogP contribution in [-0.2, 0) is 16.1 Å². The molecule has 26 heavy (non-hydrogen) atoms. The molecule has 0 radical (unpaired) electrons. The molecule has 1 aromatic carbocycles. The molecule has 1 aromatic heterocycles. The summed E-state index contributed by atoms with van der Waals surface area (Å²) in [7, 11) is 0. The largest absolute Gasteiger partial charge is 0.381 e. The predicted molar refractivity (Wildman–Crippen MR) is 92.6 cm³/mol. The highest BCUT2D eigenvalue weighted by Gasteiger charge is 2.40. The van der Waals surface area contributed by atoms with E-state index in [-0.39, 0.29) is 29.7 Å². The van der Waals surface area contributed by atoms with Crippen LogP contribution < -0.4 is 0 Å². The summed E-state index contributed by atoms with van der Waals surface area (Å²) >= 11 is 0. The van der Waals surface area contributed by atoms with Crippen LogP contribution in [-0.4, -0.2) is 45.1 Å². The van der Waals surface area contributed by atoms with Gasteiger partial charge in [-0.3, -0.25) is 4.79 Å². The van der Waals surface area contributed by atoms with Crippen molar-refractivity contribution in [2.24, 2.45) is 5.92 Å².